The van der Waals surface area contributed by atoms with Crippen LogP contribution in [-0.2, 0) is 6.42 Å². The third-order valence-electron chi connectivity index (χ3n) is 1.33. The third-order valence-corrected chi connectivity index (χ3v) is 1.33. The van der Waals surface area contributed by atoms with Crippen molar-refractivity contribution in [3.05, 3.63) is 18.5 Å². The Kier molecular flexibility index (Phi) is 2.92. The van der Waals surface area contributed by atoms with Crippen molar-refractivity contribution in [2.75, 3.05) is 20.6 Å². The van der Waals surface area contributed by atoms with Crippen LogP contribution >= 0.6 is 0 Å². The Labute approximate surface area is 66.3 Å². The highest BCUT2D eigenvalue weighted by atomic mass is 15.1. The number of rotatable bonds is 3. The topological polar surface area (TPSA) is 41.9 Å². The average Bonchev–Trinajstić information content (AvgIpc) is 2.03. The largest absolute Gasteiger partial charge is 0.309 e. The number of nitrogens with zero attached hydrogens (tertiary/aromatic N) is 4. The minimum absolute atomic E-state index is 0.855. The van der Waals surface area contributed by atoms with Gasteiger partial charge in [-0.2, -0.15) is 0 Å². The lowest BCUT2D eigenvalue weighted by Crippen LogP contribution is -2.16. The molecule has 0 aliphatic carbocycles. The average molecular weight is 152 g/mol. The summed E-state index contributed by atoms with van der Waals surface area (Å²) >= 11 is 0. The summed E-state index contributed by atoms with van der Waals surface area (Å²) < 4.78 is 0. The Morgan fingerprint density at radius 2 is 1.91 bits per heavy atom. The van der Waals surface area contributed by atoms with E-state index in [-0.39, 0.29) is 0 Å². The Morgan fingerprint density at radius 3 is 2.45 bits per heavy atom. The van der Waals surface area contributed by atoms with Crippen LogP contribution in [0.2, 0.25) is 0 Å². The summed E-state index contributed by atoms with van der Waals surface area (Å²) in [5, 5.41) is 0. The summed E-state index contributed by atoms with van der Waals surface area (Å²) in [6.07, 6.45) is 3.94. The Bertz CT molecular complexity index is 197. The van der Waals surface area contributed by atoms with Gasteiger partial charge in [0, 0.05) is 13.0 Å². The van der Waals surface area contributed by atoms with E-state index in [4.69, 9.17) is 0 Å². The SMILES string of the molecule is CN(C)CCc1ncncn1. The monoisotopic (exact) mass is 152 g/mol. The molecular formula is C7H12N4. The van der Waals surface area contributed by atoms with Gasteiger partial charge in [0.2, 0.25) is 0 Å². The van der Waals surface area contributed by atoms with Crippen LogP contribution in [0.1, 0.15) is 5.82 Å². The van der Waals surface area contributed by atoms with E-state index in [0.29, 0.717) is 0 Å². The zero-order chi connectivity index (χ0) is 8.10. The lowest BCUT2D eigenvalue weighted by atomic mass is 10.4. The zero-order valence-corrected chi connectivity index (χ0v) is 6.86. The van der Waals surface area contributed by atoms with Crippen LogP contribution in [0.25, 0.3) is 0 Å². The second-order valence-electron chi connectivity index (χ2n) is 2.61. The zero-order valence-electron chi connectivity index (χ0n) is 6.86. The van der Waals surface area contributed by atoms with Crippen molar-refractivity contribution in [3.8, 4) is 0 Å². The van der Waals surface area contributed by atoms with E-state index < -0.39 is 0 Å². The smallest absolute Gasteiger partial charge is 0.133 e. The van der Waals surface area contributed by atoms with Gasteiger partial charge in [0.1, 0.15) is 18.5 Å². The second kappa shape index (κ2) is 3.98. The quantitative estimate of drug-likeness (QED) is 0.610. The van der Waals surface area contributed by atoms with Gasteiger partial charge in [0.05, 0.1) is 0 Å². The molecule has 0 saturated heterocycles. The molecule has 0 amide bonds. The second-order valence-corrected chi connectivity index (χ2v) is 2.61. The fourth-order valence-electron chi connectivity index (χ4n) is 0.716. The van der Waals surface area contributed by atoms with E-state index >= 15 is 0 Å². The molecule has 1 heterocycles. The Balaban J connectivity index is 2.39. The summed E-state index contributed by atoms with van der Waals surface area (Å²) in [7, 11) is 4.06. The highest BCUT2D eigenvalue weighted by Gasteiger charge is 1.95. The highest BCUT2D eigenvalue weighted by Crippen LogP contribution is 1.87. The first-order chi connectivity index (χ1) is 5.29. The minimum Gasteiger partial charge on any atom is -0.309 e. The van der Waals surface area contributed by atoms with Gasteiger partial charge >= 0.3 is 0 Å². The van der Waals surface area contributed by atoms with Crippen molar-refractivity contribution in [2.24, 2.45) is 0 Å². The molecule has 0 atom stereocenters. The van der Waals surface area contributed by atoms with Crippen LogP contribution in [0.15, 0.2) is 12.7 Å². The molecule has 0 spiro atoms. The standard InChI is InChI=1S/C7H12N4/c1-11(2)4-3-7-9-5-8-6-10-7/h5-6H,3-4H2,1-2H3. The maximum absolute atomic E-state index is 4.00. The van der Waals surface area contributed by atoms with Gasteiger partial charge < -0.3 is 4.90 Å². The van der Waals surface area contributed by atoms with Crippen molar-refractivity contribution < 1.29 is 0 Å². The van der Waals surface area contributed by atoms with E-state index in [0.717, 1.165) is 18.8 Å². The number of likely N-dealkylation sites (N-methyl/N-ethyl adjacent to an activating group) is 1. The Morgan fingerprint density at radius 1 is 1.27 bits per heavy atom. The molecule has 0 aliphatic heterocycles. The molecule has 0 unspecified atom stereocenters. The number of aromatic nitrogens is 3. The molecule has 60 valence electrons. The first-order valence-corrected chi connectivity index (χ1v) is 3.54. The first-order valence-electron chi connectivity index (χ1n) is 3.54. The van der Waals surface area contributed by atoms with Gasteiger partial charge in [0.15, 0.2) is 0 Å². The van der Waals surface area contributed by atoms with Gasteiger partial charge in [0.25, 0.3) is 0 Å². The van der Waals surface area contributed by atoms with E-state index in [2.05, 4.69) is 19.9 Å². The summed E-state index contributed by atoms with van der Waals surface area (Å²) in [6.45, 7) is 0.976. The fourth-order valence-corrected chi connectivity index (χ4v) is 0.716. The molecule has 1 rings (SSSR count). The molecule has 4 nitrogen and oxygen atoms in total. The summed E-state index contributed by atoms with van der Waals surface area (Å²) in [4.78, 5) is 13.8. The van der Waals surface area contributed by atoms with Gasteiger partial charge in [-0.3, -0.25) is 0 Å². The van der Waals surface area contributed by atoms with Gasteiger partial charge in [-0.05, 0) is 14.1 Å². The van der Waals surface area contributed by atoms with Crippen molar-refractivity contribution in [1.82, 2.24) is 19.9 Å². The molecule has 0 radical (unpaired) electrons. The lowest BCUT2D eigenvalue weighted by Gasteiger charge is -2.06. The van der Waals surface area contributed by atoms with Gasteiger partial charge in [-0.25, -0.2) is 15.0 Å². The summed E-state index contributed by atoms with van der Waals surface area (Å²) in [5.74, 6) is 0.855. The molecular weight excluding hydrogens is 140 g/mol. The van der Waals surface area contributed by atoms with Crippen LogP contribution in [0.4, 0.5) is 0 Å². The van der Waals surface area contributed by atoms with Crippen LogP contribution in [0.3, 0.4) is 0 Å². The predicted octanol–water partition coefficient (Wildman–Crippen LogP) is -0.0243. The maximum Gasteiger partial charge on any atom is 0.133 e. The number of hydrogen-bond donors (Lipinski definition) is 0. The molecule has 1 aromatic rings. The van der Waals surface area contributed by atoms with Crippen molar-refractivity contribution >= 4 is 0 Å². The molecule has 0 fully saturated rings. The number of hydrogen-bond acceptors (Lipinski definition) is 4. The van der Waals surface area contributed by atoms with Crippen LogP contribution < -0.4 is 0 Å². The first kappa shape index (κ1) is 8.07. The third kappa shape index (κ3) is 3.04. The lowest BCUT2D eigenvalue weighted by molar-refractivity contribution is 0.409. The minimum atomic E-state index is 0.855. The van der Waals surface area contributed by atoms with Crippen LogP contribution in [0.5, 0.6) is 0 Å². The summed E-state index contributed by atoms with van der Waals surface area (Å²) in [6, 6.07) is 0. The van der Waals surface area contributed by atoms with Crippen molar-refractivity contribution in [1.29, 1.82) is 0 Å². The van der Waals surface area contributed by atoms with Gasteiger partial charge in [-0.1, -0.05) is 0 Å². The van der Waals surface area contributed by atoms with Gasteiger partial charge in [-0.15, -0.1) is 0 Å². The summed E-state index contributed by atoms with van der Waals surface area (Å²) in [5.41, 5.74) is 0. The molecule has 4 heteroatoms. The van der Waals surface area contributed by atoms with E-state index in [9.17, 15) is 0 Å². The molecule has 0 aromatic carbocycles. The molecule has 0 bridgehead atoms. The van der Waals surface area contributed by atoms with E-state index in [1.807, 2.05) is 14.1 Å². The molecule has 0 saturated carbocycles. The molecule has 0 N–H and O–H groups in total. The normalized spacial score (nSPS) is 10.5. The van der Waals surface area contributed by atoms with E-state index in [1.54, 1.807) is 0 Å². The molecule has 0 aliphatic rings. The maximum atomic E-state index is 4.00. The molecule has 1 aromatic heterocycles. The predicted molar refractivity (Wildman–Crippen MR) is 42.1 cm³/mol. The molecule has 11 heavy (non-hydrogen) atoms. The van der Waals surface area contributed by atoms with Crippen LogP contribution in [0, 0.1) is 0 Å². The van der Waals surface area contributed by atoms with Crippen molar-refractivity contribution in [3.63, 3.8) is 0 Å². The van der Waals surface area contributed by atoms with Crippen LogP contribution in [-0.4, -0.2) is 40.5 Å². The van der Waals surface area contributed by atoms with Crippen molar-refractivity contribution in [2.45, 2.75) is 6.42 Å². The highest BCUT2D eigenvalue weighted by molar-refractivity contribution is 4.81. The van der Waals surface area contributed by atoms with E-state index in [1.165, 1.54) is 12.7 Å². The fraction of sp³-hybridized carbons (Fsp3) is 0.571. The Hall–Kier alpha value is -1.03.